The minimum Gasteiger partial charge on any atom is -0.370 e. The lowest BCUT2D eigenvalue weighted by atomic mass is 10.2. The summed E-state index contributed by atoms with van der Waals surface area (Å²) in [6.45, 7) is 4.18. The van der Waals surface area contributed by atoms with Gasteiger partial charge in [0.05, 0.1) is 0 Å². The maximum Gasteiger partial charge on any atom is 0.126 e. The predicted octanol–water partition coefficient (Wildman–Crippen LogP) is 2.84. The van der Waals surface area contributed by atoms with Crippen LogP contribution in [0.2, 0.25) is 0 Å². The first-order valence-corrected chi connectivity index (χ1v) is 7.92. The van der Waals surface area contributed by atoms with E-state index in [1.807, 2.05) is 6.20 Å². The third-order valence-corrected chi connectivity index (χ3v) is 4.49. The van der Waals surface area contributed by atoms with Gasteiger partial charge >= 0.3 is 0 Å². The Balaban J connectivity index is 1.91. The van der Waals surface area contributed by atoms with Gasteiger partial charge < -0.3 is 5.32 Å². The number of hydrogen-bond acceptors (Lipinski definition) is 4. The monoisotopic (exact) mass is 265 g/mol. The standard InChI is InChI=1S/C14H23N3S/c1-3-6-15-14-9-12(4-7-16-14)10-17(2)13-5-8-18-11-13/h4,7,9,13H,3,5-6,8,10-11H2,1-2H3,(H,15,16). The van der Waals surface area contributed by atoms with E-state index >= 15 is 0 Å². The Morgan fingerprint density at radius 3 is 3.17 bits per heavy atom. The van der Waals surface area contributed by atoms with E-state index in [9.17, 15) is 0 Å². The first-order valence-electron chi connectivity index (χ1n) is 6.76. The predicted molar refractivity (Wildman–Crippen MR) is 80.2 cm³/mol. The quantitative estimate of drug-likeness (QED) is 0.856. The Morgan fingerprint density at radius 2 is 2.44 bits per heavy atom. The lowest BCUT2D eigenvalue weighted by molar-refractivity contribution is 0.254. The van der Waals surface area contributed by atoms with Gasteiger partial charge in [-0.15, -0.1) is 0 Å². The summed E-state index contributed by atoms with van der Waals surface area (Å²) in [6.07, 6.45) is 4.36. The van der Waals surface area contributed by atoms with Crippen molar-refractivity contribution in [3.8, 4) is 0 Å². The summed E-state index contributed by atoms with van der Waals surface area (Å²) >= 11 is 2.07. The van der Waals surface area contributed by atoms with Gasteiger partial charge in [0.25, 0.3) is 0 Å². The van der Waals surface area contributed by atoms with Crippen LogP contribution in [0.4, 0.5) is 5.82 Å². The van der Waals surface area contributed by atoms with E-state index in [1.54, 1.807) is 0 Å². The summed E-state index contributed by atoms with van der Waals surface area (Å²) in [7, 11) is 2.23. The Bertz CT molecular complexity index is 364. The second-order valence-corrected chi connectivity index (χ2v) is 6.06. The number of thioether (sulfide) groups is 1. The third kappa shape index (κ3) is 3.89. The molecule has 0 aliphatic carbocycles. The molecule has 2 rings (SSSR count). The molecule has 0 saturated carbocycles. The number of pyridine rings is 1. The van der Waals surface area contributed by atoms with Gasteiger partial charge in [0.1, 0.15) is 5.82 Å². The van der Waals surface area contributed by atoms with Crippen LogP contribution in [0.5, 0.6) is 0 Å². The molecule has 1 aliphatic heterocycles. The van der Waals surface area contributed by atoms with Gasteiger partial charge in [0.2, 0.25) is 0 Å². The fourth-order valence-corrected chi connectivity index (χ4v) is 3.51. The molecule has 0 aromatic carbocycles. The van der Waals surface area contributed by atoms with Crippen molar-refractivity contribution in [2.75, 3.05) is 30.4 Å². The Labute approximate surface area is 114 Å². The van der Waals surface area contributed by atoms with Gasteiger partial charge in [-0.25, -0.2) is 4.98 Å². The van der Waals surface area contributed by atoms with Crippen LogP contribution in [0.25, 0.3) is 0 Å². The molecule has 1 aromatic heterocycles. The Hall–Kier alpha value is -0.740. The highest BCUT2D eigenvalue weighted by Crippen LogP contribution is 2.22. The smallest absolute Gasteiger partial charge is 0.126 e. The summed E-state index contributed by atoms with van der Waals surface area (Å²) < 4.78 is 0. The summed E-state index contributed by atoms with van der Waals surface area (Å²) in [5, 5.41) is 3.34. The van der Waals surface area contributed by atoms with Gasteiger partial charge in [-0.3, -0.25) is 4.90 Å². The average Bonchev–Trinajstić information content (AvgIpc) is 2.91. The van der Waals surface area contributed by atoms with E-state index in [-0.39, 0.29) is 0 Å². The molecule has 100 valence electrons. The summed E-state index contributed by atoms with van der Waals surface area (Å²) in [4.78, 5) is 6.82. The second-order valence-electron chi connectivity index (χ2n) is 4.91. The molecule has 0 radical (unpaired) electrons. The fourth-order valence-electron chi connectivity index (χ4n) is 2.21. The molecule has 1 aromatic rings. The van der Waals surface area contributed by atoms with E-state index in [0.717, 1.165) is 31.4 Å². The van der Waals surface area contributed by atoms with Crippen molar-refractivity contribution in [3.05, 3.63) is 23.9 Å². The van der Waals surface area contributed by atoms with Crippen LogP contribution in [0, 0.1) is 0 Å². The van der Waals surface area contributed by atoms with Crippen molar-refractivity contribution in [1.82, 2.24) is 9.88 Å². The minimum absolute atomic E-state index is 0.746. The number of anilines is 1. The topological polar surface area (TPSA) is 28.2 Å². The average molecular weight is 265 g/mol. The van der Waals surface area contributed by atoms with Crippen molar-refractivity contribution in [2.45, 2.75) is 32.4 Å². The van der Waals surface area contributed by atoms with Crippen LogP contribution in [0.15, 0.2) is 18.3 Å². The highest BCUT2D eigenvalue weighted by atomic mass is 32.2. The molecule has 0 spiro atoms. The zero-order valence-corrected chi connectivity index (χ0v) is 12.2. The molecule has 1 fully saturated rings. The molecule has 1 saturated heterocycles. The second kappa shape index (κ2) is 7.00. The largest absolute Gasteiger partial charge is 0.370 e. The van der Waals surface area contributed by atoms with Crippen molar-refractivity contribution < 1.29 is 0 Å². The van der Waals surface area contributed by atoms with Crippen molar-refractivity contribution in [1.29, 1.82) is 0 Å². The van der Waals surface area contributed by atoms with Crippen molar-refractivity contribution >= 4 is 17.6 Å². The molecule has 1 N–H and O–H groups in total. The molecule has 0 amide bonds. The van der Waals surface area contributed by atoms with Crippen LogP contribution >= 0.6 is 11.8 Å². The Morgan fingerprint density at radius 1 is 1.56 bits per heavy atom. The molecule has 3 nitrogen and oxygen atoms in total. The molecule has 18 heavy (non-hydrogen) atoms. The third-order valence-electron chi connectivity index (χ3n) is 3.34. The highest BCUT2D eigenvalue weighted by Gasteiger charge is 2.19. The molecule has 0 bridgehead atoms. The zero-order chi connectivity index (χ0) is 12.8. The van der Waals surface area contributed by atoms with Gasteiger partial charge in [-0.2, -0.15) is 11.8 Å². The van der Waals surface area contributed by atoms with Crippen LogP contribution in [-0.2, 0) is 6.54 Å². The fraction of sp³-hybridized carbons (Fsp3) is 0.643. The number of rotatable bonds is 6. The molecule has 2 heterocycles. The van der Waals surface area contributed by atoms with Gasteiger partial charge in [-0.05, 0) is 43.3 Å². The van der Waals surface area contributed by atoms with E-state index in [1.165, 1.54) is 23.5 Å². The first kappa shape index (κ1) is 13.7. The van der Waals surface area contributed by atoms with Crippen molar-refractivity contribution in [3.63, 3.8) is 0 Å². The summed E-state index contributed by atoms with van der Waals surface area (Å²) in [5.41, 5.74) is 1.35. The number of nitrogens with one attached hydrogen (secondary N) is 1. The molecule has 1 atom stereocenters. The number of nitrogens with zero attached hydrogens (tertiary/aromatic N) is 2. The molecule has 1 aliphatic rings. The van der Waals surface area contributed by atoms with Crippen LogP contribution in [0.3, 0.4) is 0 Å². The number of aromatic nitrogens is 1. The van der Waals surface area contributed by atoms with Gasteiger partial charge in [-0.1, -0.05) is 6.92 Å². The Kier molecular flexibility index (Phi) is 5.32. The molecular weight excluding hydrogens is 242 g/mol. The van der Waals surface area contributed by atoms with E-state index in [2.05, 4.69) is 53.1 Å². The SMILES string of the molecule is CCCNc1cc(CN(C)C2CCSC2)ccn1. The summed E-state index contributed by atoms with van der Waals surface area (Å²) in [6, 6.07) is 5.04. The van der Waals surface area contributed by atoms with E-state index in [4.69, 9.17) is 0 Å². The lowest BCUT2D eigenvalue weighted by Gasteiger charge is -2.23. The normalized spacial score (nSPS) is 19.4. The first-order chi connectivity index (χ1) is 8.79. The molecule has 1 unspecified atom stereocenters. The van der Waals surface area contributed by atoms with E-state index < -0.39 is 0 Å². The maximum absolute atomic E-state index is 4.35. The van der Waals surface area contributed by atoms with E-state index in [0.29, 0.717) is 0 Å². The van der Waals surface area contributed by atoms with Crippen LogP contribution in [-0.4, -0.2) is 41.0 Å². The maximum atomic E-state index is 4.35. The zero-order valence-electron chi connectivity index (χ0n) is 11.4. The minimum atomic E-state index is 0.746. The highest BCUT2D eigenvalue weighted by molar-refractivity contribution is 7.99. The van der Waals surface area contributed by atoms with Crippen LogP contribution < -0.4 is 5.32 Å². The van der Waals surface area contributed by atoms with Gasteiger partial charge in [0, 0.05) is 31.1 Å². The van der Waals surface area contributed by atoms with Crippen LogP contribution in [0.1, 0.15) is 25.3 Å². The lowest BCUT2D eigenvalue weighted by Crippen LogP contribution is -2.30. The van der Waals surface area contributed by atoms with Crippen molar-refractivity contribution in [2.24, 2.45) is 0 Å². The summed E-state index contributed by atoms with van der Waals surface area (Å²) in [5.74, 6) is 3.60. The molecular formula is C14H23N3S. The molecule has 4 heteroatoms. The number of hydrogen-bond donors (Lipinski definition) is 1. The van der Waals surface area contributed by atoms with Gasteiger partial charge in [0.15, 0.2) is 0 Å².